The highest BCUT2D eigenvalue weighted by Crippen LogP contribution is 2.45. The van der Waals surface area contributed by atoms with Crippen LogP contribution in [0.25, 0.3) is 0 Å². The number of halogens is 2. The third-order valence-electron chi connectivity index (χ3n) is 3.44. The molecule has 1 atom stereocenters. The number of benzene rings is 3. The van der Waals surface area contributed by atoms with Crippen molar-refractivity contribution >= 4 is 46.7 Å². The van der Waals surface area contributed by atoms with Crippen molar-refractivity contribution in [1.82, 2.24) is 0 Å². The minimum absolute atomic E-state index is 0.306. The van der Waals surface area contributed by atoms with E-state index in [-0.39, 0.29) is 0 Å². The summed E-state index contributed by atoms with van der Waals surface area (Å²) in [6, 6.07) is 26.7. The van der Waals surface area contributed by atoms with Crippen molar-refractivity contribution in [2.75, 3.05) is 0 Å². The Morgan fingerprint density at radius 1 is 0.708 bits per heavy atom. The van der Waals surface area contributed by atoms with Gasteiger partial charge in [0.05, 0.1) is 4.58 Å². The monoisotopic (exact) mass is 390 g/mol. The summed E-state index contributed by atoms with van der Waals surface area (Å²) in [5.41, 5.74) is 2.55. The second kappa shape index (κ2) is 8.87. The topological polar surface area (TPSA) is 0 Å². The fourth-order valence-corrected chi connectivity index (χ4v) is 5.00. The normalized spacial score (nSPS) is 12.1. The standard InChI is InChI=1S/C20H16Cl2S2/c21-17-10-6-15(7-11-17)14-23-20(16-8-12-18(22)13-9-16)24-19-4-2-1-3-5-19/h1-13,20H,14H2. The Bertz CT molecular complexity index is 756. The maximum absolute atomic E-state index is 6.04. The molecule has 0 heterocycles. The lowest BCUT2D eigenvalue weighted by Gasteiger charge is -2.17. The van der Waals surface area contributed by atoms with Gasteiger partial charge in [-0.05, 0) is 47.5 Å². The molecule has 3 rings (SSSR count). The molecule has 0 aromatic heterocycles. The average Bonchev–Trinajstić information content (AvgIpc) is 2.62. The summed E-state index contributed by atoms with van der Waals surface area (Å²) >= 11 is 15.8. The molecule has 122 valence electrons. The van der Waals surface area contributed by atoms with Crippen LogP contribution in [0.15, 0.2) is 83.8 Å². The van der Waals surface area contributed by atoms with Gasteiger partial charge in [0.15, 0.2) is 0 Å². The highest BCUT2D eigenvalue weighted by molar-refractivity contribution is 8.16. The van der Waals surface area contributed by atoms with Crippen molar-refractivity contribution in [3.8, 4) is 0 Å². The van der Waals surface area contributed by atoms with Gasteiger partial charge in [0.2, 0.25) is 0 Å². The molecule has 24 heavy (non-hydrogen) atoms. The van der Waals surface area contributed by atoms with E-state index in [4.69, 9.17) is 23.2 Å². The lowest BCUT2D eigenvalue weighted by molar-refractivity contribution is 1.32. The molecular weight excluding hydrogens is 375 g/mol. The van der Waals surface area contributed by atoms with E-state index in [9.17, 15) is 0 Å². The number of hydrogen-bond acceptors (Lipinski definition) is 2. The Labute approximate surface area is 161 Å². The smallest absolute Gasteiger partial charge is 0.0801 e. The molecule has 0 saturated heterocycles. The number of thioether (sulfide) groups is 2. The molecule has 0 nitrogen and oxygen atoms in total. The molecule has 0 aliphatic heterocycles. The van der Waals surface area contributed by atoms with Gasteiger partial charge in [-0.25, -0.2) is 0 Å². The summed E-state index contributed by atoms with van der Waals surface area (Å²) in [4.78, 5) is 1.26. The maximum Gasteiger partial charge on any atom is 0.0801 e. The zero-order chi connectivity index (χ0) is 16.8. The van der Waals surface area contributed by atoms with E-state index in [0.29, 0.717) is 4.58 Å². The molecule has 0 bridgehead atoms. The first-order chi connectivity index (χ1) is 11.7. The molecule has 0 radical (unpaired) electrons. The largest absolute Gasteiger partial charge is 0.138 e. The molecule has 0 fully saturated rings. The Balaban J connectivity index is 1.76. The van der Waals surface area contributed by atoms with Gasteiger partial charge >= 0.3 is 0 Å². The van der Waals surface area contributed by atoms with Crippen LogP contribution in [0.3, 0.4) is 0 Å². The second-order valence-corrected chi connectivity index (χ2v) is 8.70. The SMILES string of the molecule is Clc1ccc(CSC(Sc2ccccc2)c2ccc(Cl)cc2)cc1. The minimum atomic E-state index is 0.306. The molecular formula is C20H16Cl2S2. The quantitative estimate of drug-likeness (QED) is 0.312. The van der Waals surface area contributed by atoms with Crippen LogP contribution in [0.5, 0.6) is 0 Å². The Hall–Kier alpha value is -1.06. The van der Waals surface area contributed by atoms with Gasteiger partial charge in [-0.1, -0.05) is 65.7 Å². The highest BCUT2D eigenvalue weighted by Gasteiger charge is 2.14. The third-order valence-corrected chi connectivity index (χ3v) is 6.75. The first-order valence-corrected chi connectivity index (χ1v) is 10.2. The summed E-state index contributed by atoms with van der Waals surface area (Å²) in [6.45, 7) is 0. The van der Waals surface area contributed by atoms with Gasteiger partial charge in [-0.2, -0.15) is 0 Å². The molecule has 3 aromatic rings. The van der Waals surface area contributed by atoms with E-state index in [1.807, 2.05) is 53.9 Å². The molecule has 0 aliphatic rings. The van der Waals surface area contributed by atoms with Crippen molar-refractivity contribution in [2.24, 2.45) is 0 Å². The fourth-order valence-electron chi connectivity index (χ4n) is 2.19. The van der Waals surface area contributed by atoms with Crippen molar-refractivity contribution in [3.63, 3.8) is 0 Å². The van der Waals surface area contributed by atoms with E-state index in [0.717, 1.165) is 15.8 Å². The molecule has 0 N–H and O–H groups in total. The second-order valence-electron chi connectivity index (χ2n) is 5.25. The van der Waals surface area contributed by atoms with Crippen LogP contribution < -0.4 is 0 Å². The molecule has 0 saturated carbocycles. The van der Waals surface area contributed by atoms with Gasteiger partial charge in [-0.3, -0.25) is 0 Å². The van der Waals surface area contributed by atoms with Crippen LogP contribution in [-0.4, -0.2) is 0 Å². The molecule has 0 spiro atoms. The Kier molecular flexibility index (Phi) is 6.56. The lowest BCUT2D eigenvalue weighted by Crippen LogP contribution is -1.91. The van der Waals surface area contributed by atoms with Gasteiger partial charge in [0.25, 0.3) is 0 Å². The first kappa shape index (κ1) is 17.8. The minimum Gasteiger partial charge on any atom is -0.138 e. The van der Waals surface area contributed by atoms with E-state index >= 15 is 0 Å². The first-order valence-electron chi connectivity index (χ1n) is 7.54. The summed E-state index contributed by atoms with van der Waals surface area (Å²) in [5, 5.41) is 1.54. The van der Waals surface area contributed by atoms with E-state index in [2.05, 4.69) is 48.5 Å². The summed E-state index contributed by atoms with van der Waals surface area (Å²) < 4.78 is 0.306. The predicted octanol–water partition coefficient (Wildman–Crippen LogP) is 7.72. The molecule has 4 heteroatoms. The summed E-state index contributed by atoms with van der Waals surface area (Å²) in [5.74, 6) is 0.935. The van der Waals surface area contributed by atoms with Crippen LogP contribution in [-0.2, 0) is 5.75 Å². The van der Waals surface area contributed by atoms with Gasteiger partial charge in [0.1, 0.15) is 0 Å². The van der Waals surface area contributed by atoms with Crippen LogP contribution >= 0.6 is 46.7 Å². The Morgan fingerprint density at radius 2 is 1.29 bits per heavy atom. The van der Waals surface area contributed by atoms with Gasteiger partial charge in [0, 0.05) is 20.7 Å². The van der Waals surface area contributed by atoms with Crippen LogP contribution in [0, 0.1) is 0 Å². The molecule has 0 aliphatic carbocycles. The Morgan fingerprint density at radius 3 is 1.92 bits per heavy atom. The maximum atomic E-state index is 6.04. The molecule has 1 unspecified atom stereocenters. The molecule has 0 amide bonds. The zero-order valence-corrected chi connectivity index (χ0v) is 16.0. The van der Waals surface area contributed by atoms with Crippen LogP contribution in [0.2, 0.25) is 10.0 Å². The lowest BCUT2D eigenvalue weighted by atomic mass is 10.2. The number of rotatable bonds is 6. The average molecular weight is 391 g/mol. The van der Waals surface area contributed by atoms with Gasteiger partial charge < -0.3 is 0 Å². The summed E-state index contributed by atoms with van der Waals surface area (Å²) in [6.07, 6.45) is 0. The van der Waals surface area contributed by atoms with E-state index in [1.165, 1.54) is 16.0 Å². The van der Waals surface area contributed by atoms with Gasteiger partial charge in [-0.15, -0.1) is 23.5 Å². The highest BCUT2D eigenvalue weighted by atomic mass is 35.5. The number of hydrogen-bond donors (Lipinski definition) is 0. The van der Waals surface area contributed by atoms with Crippen molar-refractivity contribution < 1.29 is 0 Å². The zero-order valence-electron chi connectivity index (χ0n) is 12.9. The van der Waals surface area contributed by atoms with Crippen molar-refractivity contribution in [1.29, 1.82) is 0 Å². The summed E-state index contributed by atoms with van der Waals surface area (Å²) in [7, 11) is 0. The van der Waals surface area contributed by atoms with E-state index < -0.39 is 0 Å². The fraction of sp³-hybridized carbons (Fsp3) is 0.100. The van der Waals surface area contributed by atoms with Crippen molar-refractivity contribution in [2.45, 2.75) is 15.2 Å². The van der Waals surface area contributed by atoms with Crippen LogP contribution in [0.4, 0.5) is 0 Å². The molecule has 3 aromatic carbocycles. The third kappa shape index (κ3) is 5.22. The predicted molar refractivity (Wildman–Crippen MR) is 109 cm³/mol. The van der Waals surface area contributed by atoms with Crippen molar-refractivity contribution in [3.05, 3.63) is 100 Å². The van der Waals surface area contributed by atoms with E-state index in [1.54, 1.807) is 0 Å². The van der Waals surface area contributed by atoms with Crippen LogP contribution in [0.1, 0.15) is 15.7 Å².